The van der Waals surface area contributed by atoms with E-state index in [1.807, 2.05) is 0 Å². The summed E-state index contributed by atoms with van der Waals surface area (Å²) >= 11 is 0. The van der Waals surface area contributed by atoms with Crippen molar-refractivity contribution in [1.82, 2.24) is 10.2 Å². The lowest BCUT2D eigenvalue weighted by molar-refractivity contribution is -0.131. The van der Waals surface area contributed by atoms with E-state index in [0.717, 1.165) is 19.4 Å². The van der Waals surface area contributed by atoms with E-state index in [4.69, 9.17) is 0 Å². The second-order valence-corrected chi connectivity index (χ2v) is 7.56. The van der Waals surface area contributed by atoms with E-state index in [2.05, 4.69) is 37.9 Å². The normalized spacial score (nSPS) is 28.8. The molecule has 3 nitrogen and oxygen atoms in total. The summed E-state index contributed by atoms with van der Waals surface area (Å²) in [5.41, 5.74) is 0. The molecule has 2 fully saturated rings. The second kappa shape index (κ2) is 7.62. The molecule has 1 saturated heterocycles. The van der Waals surface area contributed by atoms with Gasteiger partial charge in [-0.3, -0.25) is 10.1 Å². The molecular formula is C18H34N2O. The van der Waals surface area contributed by atoms with Gasteiger partial charge in [-0.25, -0.2) is 0 Å². The summed E-state index contributed by atoms with van der Waals surface area (Å²) in [4.78, 5) is 15.0. The zero-order valence-electron chi connectivity index (χ0n) is 14.4. The molecule has 1 heterocycles. The van der Waals surface area contributed by atoms with Crippen molar-refractivity contribution in [2.75, 3.05) is 6.54 Å². The Morgan fingerprint density at radius 1 is 1.24 bits per heavy atom. The van der Waals surface area contributed by atoms with Crippen LogP contribution in [0.1, 0.15) is 72.6 Å². The smallest absolute Gasteiger partial charge is 0.241 e. The molecule has 0 spiro atoms. The minimum Gasteiger partial charge on any atom is -0.325 e. The quantitative estimate of drug-likeness (QED) is 0.775. The van der Waals surface area contributed by atoms with Crippen LogP contribution in [0, 0.1) is 17.8 Å². The van der Waals surface area contributed by atoms with E-state index < -0.39 is 0 Å². The average Bonchev–Trinajstić information content (AvgIpc) is 3.07. The minimum absolute atomic E-state index is 0.0786. The maximum atomic E-state index is 12.8. The Balaban J connectivity index is 2.05. The predicted octanol–water partition coefficient (Wildman–Crippen LogP) is 3.79. The number of nitrogens with zero attached hydrogens (tertiary/aromatic N) is 1. The standard InChI is InChI=1S/C18H34N2O/c1-5-6-11-16-18(21)20(12-14(4)13(2)3)17(19-16)15-9-7-8-10-15/h13-17,19H,5-12H2,1-4H3. The number of unbranched alkanes of at least 4 members (excludes halogenated alkanes) is 1. The molecular weight excluding hydrogens is 260 g/mol. The summed E-state index contributed by atoms with van der Waals surface area (Å²) in [6, 6.07) is 0.0786. The molecule has 1 aliphatic carbocycles. The van der Waals surface area contributed by atoms with Crippen molar-refractivity contribution in [2.45, 2.75) is 84.8 Å². The van der Waals surface area contributed by atoms with Gasteiger partial charge >= 0.3 is 0 Å². The fourth-order valence-corrected chi connectivity index (χ4v) is 3.71. The third-order valence-corrected chi connectivity index (χ3v) is 5.60. The van der Waals surface area contributed by atoms with Crippen LogP contribution in [0.4, 0.5) is 0 Å². The highest BCUT2D eigenvalue weighted by molar-refractivity contribution is 5.84. The Morgan fingerprint density at radius 3 is 2.48 bits per heavy atom. The van der Waals surface area contributed by atoms with Crippen LogP contribution in [0.3, 0.4) is 0 Å². The van der Waals surface area contributed by atoms with Gasteiger partial charge in [0.05, 0.1) is 12.2 Å². The Bertz CT molecular complexity index is 336. The summed E-state index contributed by atoms with van der Waals surface area (Å²) in [5, 5.41) is 3.69. The van der Waals surface area contributed by atoms with Crippen LogP contribution in [0.15, 0.2) is 0 Å². The minimum atomic E-state index is 0.0786. The molecule has 0 bridgehead atoms. The first-order valence-corrected chi connectivity index (χ1v) is 9.11. The Hall–Kier alpha value is -0.570. The lowest BCUT2D eigenvalue weighted by atomic mass is 9.96. The summed E-state index contributed by atoms with van der Waals surface area (Å²) in [6.07, 6.45) is 8.88. The van der Waals surface area contributed by atoms with Gasteiger partial charge in [-0.1, -0.05) is 53.4 Å². The van der Waals surface area contributed by atoms with Crippen molar-refractivity contribution in [3.05, 3.63) is 0 Å². The van der Waals surface area contributed by atoms with Gasteiger partial charge in [0.15, 0.2) is 0 Å². The van der Waals surface area contributed by atoms with E-state index >= 15 is 0 Å². The van der Waals surface area contributed by atoms with Crippen LogP contribution in [0.25, 0.3) is 0 Å². The largest absolute Gasteiger partial charge is 0.325 e. The van der Waals surface area contributed by atoms with Crippen molar-refractivity contribution >= 4 is 5.91 Å². The third kappa shape index (κ3) is 4.00. The van der Waals surface area contributed by atoms with Gasteiger partial charge in [-0.15, -0.1) is 0 Å². The van der Waals surface area contributed by atoms with Crippen molar-refractivity contribution in [3.8, 4) is 0 Å². The molecule has 1 amide bonds. The molecule has 1 saturated carbocycles. The monoisotopic (exact) mass is 294 g/mol. The molecule has 0 aromatic heterocycles. The Kier molecular flexibility index (Phi) is 6.09. The highest BCUT2D eigenvalue weighted by Crippen LogP contribution is 2.33. The van der Waals surface area contributed by atoms with Gasteiger partial charge in [0.25, 0.3) is 0 Å². The van der Waals surface area contributed by atoms with Crippen molar-refractivity contribution < 1.29 is 4.79 Å². The van der Waals surface area contributed by atoms with Crippen LogP contribution >= 0.6 is 0 Å². The van der Waals surface area contributed by atoms with E-state index in [0.29, 0.717) is 29.8 Å². The molecule has 3 unspecified atom stereocenters. The van der Waals surface area contributed by atoms with Crippen LogP contribution in [0.5, 0.6) is 0 Å². The SMILES string of the molecule is CCCCC1NC(C2CCCC2)N(CC(C)C(C)C)C1=O. The first-order valence-electron chi connectivity index (χ1n) is 9.11. The molecule has 0 aromatic rings. The van der Waals surface area contributed by atoms with Gasteiger partial charge in [-0.2, -0.15) is 0 Å². The Morgan fingerprint density at radius 2 is 1.90 bits per heavy atom. The van der Waals surface area contributed by atoms with Gasteiger partial charge in [-0.05, 0) is 37.0 Å². The number of amides is 1. The molecule has 1 N–H and O–H groups in total. The molecule has 2 rings (SSSR count). The fourth-order valence-electron chi connectivity index (χ4n) is 3.71. The number of hydrogen-bond donors (Lipinski definition) is 1. The van der Waals surface area contributed by atoms with E-state index in [1.165, 1.54) is 32.1 Å². The molecule has 0 radical (unpaired) electrons. The number of hydrogen-bond acceptors (Lipinski definition) is 2. The van der Waals surface area contributed by atoms with Crippen LogP contribution in [-0.2, 0) is 4.79 Å². The molecule has 3 heteroatoms. The number of carbonyl (C=O) groups excluding carboxylic acids is 1. The fraction of sp³-hybridized carbons (Fsp3) is 0.944. The van der Waals surface area contributed by atoms with Gasteiger partial charge in [0.1, 0.15) is 0 Å². The van der Waals surface area contributed by atoms with Gasteiger partial charge < -0.3 is 4.90 Å². The average molecular weight is 294 g/mol. The summed E-state index contributed by atoms with van der Waals surface area (Å²) in [6.45, 7) is 9.93. The molecule has 2 aliphatic rings. The maximum Gasteiger partial charge on any atom is 0.241 e. The lowest BCUT2D eigenvalue weighted by Gasteiger charge is -2.32. The van der Waals surface area contributed by atoms with Crippen molar-refractivity contribution in [2.24, 2.45) is 17.8 Å². The Labute approximate surface area is 130 Å². The predicted molar refractivity (Wildman–Crippen MR) is 87.9 cm³/mol. The van der Waals surface area contributed by atoms with Gasteiger partial charge in [0.2, 0.25) is 5.91 Å². The first kappa shape index (κ1) is 16.8. The van der Waals surface area contributed by atoms with E-state index in [1.54, 1.807) is 0 Å². The molecule has 21 heavy (non-hydrogen) atoms. The van der Waals surface area contributed by atoms with Crippen LogP contribution in [0.2, 0.25) is 0 Å². The van der Waals surface area contributed by atoms with Crippen molar-refractivity contribution in [1.29, 1.82) is 0 Å². The van der Waals surface area contributed by atoms with Crippen molar-refractivity contribution in [3.63, 3.8) is 0 Å². The number of rotatable bonds is 7. The second-order valence-electron chi connectivity index (χ2n) is 7.56. The zero-order chi connectivity index (χ0) is 15.4. The summed E-state index contributed by atoms with van der Waals surface area (Å²) in [7, 11) is 0. The van der Waals surface area contributed by atoms with E-state index in [-0.39, 0.29) is 6.04 Å². The number of carbonyl (C=O) groups is 1. The third-order valence-electron chi connectivity index (χ3n) is 5.60. The molecule has 1 aliphatic heterocycles. The zero-order valence-corrected chi connectivity index (χ0v) is 14.4. The topological polar surface area (TPSA) is 32.3 Å². The van der Waals surface area contributed by atoms with Crippen LogP contribution in [-0.4, -0.2) is 29.6 Å². The highest BCUT2D eigenvalue weighted by atomic mass is 16.2. The van der Waals surface area contributed by atoms with E-state index in [9.17, 15) is 4.79 Å². The lowest BCUT2D eigenvalue weighted by Crippen LogP contribution is -2.45. The summed E-state index contributed by atoms with van der Waals surface area (Å²) in [5.74, 6) is 2.26. The maximum absolute atomic E-state index is 12.8. The molecule has 122 valence electrons. The summed E-state index contributed by atoms with van der Waals surface area (Å²) < 4.78 is 0. The highest BCUT2D eigenvalue weighted by Gasteiger charge is 2.43. The molecule has 3 atom stereocenters. The number of nitrogens with one attached hydrogen (secondary N) is 1. The van der Waals surface area contributed by atoms with Crippen LogP contribution < -0.4 is 5.32 Å². The van der Waals surface area contributed by atoms with Gasteiger partial charge in [0, 0.05) is 6.54 Å². The first-order chi connectivity index (χ1) is 10.0. The molecule has 0 aromatic carbocycles.